The first-order valence-electron chi connectivity index (χ1n) is 21.0. The average Bonchev–Trinajstić information content (AvgIpc) is 3.85. The molecule has 11 rings (SSSR count). The van der Waals surface area contributed by atoms with E-state index in [1.807, 2.05) is 12.3 Å². The lowest BCUT2D eigenvalue weighted by Crippen LogP contribution is -2.44. The number of pyridine rings is 1. The first kappa shape index (κ1) is 36.6. The Hall–Kier alpha value is -7.51. The van der Waals surface area contributed by atoms with Gasteiger partial charge in [0.05, 0.1) is 29.1 Å². The van der Waals surface area contributed by atoms with Crippen LogP contribution in [-0.4, -0.2) is 27.9 Å². The van der Waals surface area contributed by atoms with Crippen molar-refractivity contribution in [2.45, 2.75) is 26.2 Å². The van der Waals surface area contributed by atoms with E-state index in [2.05, 4.69) is 228 Å². The predicted molar refractivity (Wildman–Crippen MR) is 253 cm³/mol. The molecule has 0 spiro atoms. The molecular formula is C54H44BN5O. The Morgan fingerprint density at radius 3 is 2.08 bits per heavy atom. The maximum Gasteiger partial charge on any atom is 0.338 e. The molecule has 6 aromatic carbocycles. The van der Waals surface area contributed by atoms with Crippen molar-refractivity contribution in [3.63, 3.8) is 0 Å². The molecule has 8 aromatic rings. The van der Waals surface area contributed by atoms with Gasteiger partial charge in [0.15, 0.2) is 0 Å². The van der Waals surface area contributed by atoms with E-state index in [1.165, 1.54) is 44.5 Å². The Balaban J connectivity index is 0.966. The third-order valence-electron chi connectivity index (χ3n) is 12.1. The van der Waals surface area contributed by atoms with Crippen molar-refractivity contribution < 1.29 is 4.74 Å². The van der Waals surface area contributed by atoms with Crippen LogP contribution in [0.1, 0.15) is 37.5 Å². The highest BCUT2D eigenvalue weighted by molar-refractivity contribution is 6.73. The third kappa shape index (κ3) is 6.50. The molecule has 0 aliphatic carbocycles. The summed E-state index contributed by atoms with van der Waals surface area (Å²) in [6.07, 6.45) is 10.8. The second-order valence-corrected chi connectivity index (χ2v) is 16.9. The van der Waals surface area contributed by atoms with Crippen LogP contribution >= 0.6 is 0 Å². The highest BCUT2D eigenvalue weighted by atomic mass is 16.5. The number of allylic oxidation sites excluding steroid dienone is 4. The minimum Gasteiger partial charge on any atom is -0.457 e. The number of anilines is 3. The molecule has 0 bridgehead atoms. The van der Waals surface area contributed by atoms with Crippen molar-refractivity contribution in [1.82, 2.24) is 14.4 Å². The van der Waals surface area contributed by atoms with E-state index in [0.29, 0.717) is 6.67 Å². The molecule has 0 atom stereocenters. The topological polar surface area (TPSA) is 36.8 Å². The van der Waals surface area contributed by atoms with Gasteiger partial charge in [0, 0.05) is 40.4 Å². The zero-order valence-electron chi connectivity index (χ0n) is 34.5. The highest BCUT2D eigenvalue weighted by Crippen LogP contribution is 2.47. The Labute approximate surface area is 357 Å². The summed E-state index contributed by atoms with van der Waals surface area (Å²) < 4.78 is 9.03. The van der Waals surface area contributed by atoms with E-state index in [9.17, 15) is 0 Å². The number of nitrogens with zero attached hydrogens (tertiary/aromatic N) is 5. The molecule has 7 heteroatoms. The van der Waals surface area contributed by atoms with Crippen LogP contribution in [-0.2, 0) is 5.41 Å². The van der Waals surface area contributed by atoms with Crippen molar-refractivity contribution in [3.05, 3.63) is 223 Å². The summed E-state index contributed by atoms with van der Waals surface area (Å²) in [5, 5.41) is 2.34. The first-order chi connectivity index (χ1) is 29.9. The van der Waals surface area contributed by atoms with Crippen LogP contribution in [0.4, 0.5) is 17.1 Å². The van der Waals surface area contributed by atoms with Gasteiger partial charge in [-0.1, -0.05) is 124 Å². The Morgan fingerprint density at radius 1 is 0.590 bits per heavy atom. The number of hydrogen-bond donors (Lipinski definition) is 0. The summed E-state index contributed by atoms with van der Waals surface area (Å²) in [6, 6.07) is 57.9. The van der Waals surface area contributed by atoms with E-state index in [1.54, 1.807) is 0 Å². The molecule has 0 amide bonds. The van der Waals surface area contributed by atoms with Crippen LogP contribution < -0.4 is 14.5 Å². The molecule has 0 saturated heterocycles. The average molecular weight is 790 g/mol. The van der Waals surface area contributed by atoms with Crippen molar-refractivity contribution in [1.29, 1.82) is 0 Å². The van der Waals surface area contributed by atoms with E-state index in [4.69, 9.17) is 9.72 Å². The summed E-state index contributed by atoms with van der Waals surface area (Å²) in [7, 11) is 0. The maximum atomic E-state index is 6.77. The van der Waals surface area contributed by atoms with Gasteiger partial charge in [-0.3, -0.25) is 4.57 Å². The molecule has 3 aliphatic heterocycles. The van der Waals surface area contributed by atoms with E-state index < -0.39 is 0 Å². The van der Waals surface area contributed by atoms with Crippen molar-refractivity contribution in [2.75, 3.05) is 16.5 Å². The minimum absolute atomic E-state index is 0.00623. The normalized spacial score (nSPS) is 14.8. The van der Waals surface area contributed by atoms with Gasteiger partial charge >= 0.3 is 6.85 Å². The Morgan fingerprint density at radius 2 is 1.28 bits per heavy atom. The van der Waals surface area contributed by atoms with Gasteiger partial charge in [0.25, 0.3) is 0 Å². The molecule has 0 unspecified atom stereocenters. The van der Waals surface area contributed by atoms with E-state index in [-0.39, 0.29) is 12.3 Å². The second-order valence-electron chi connectivity index (χ2n) is 16.9. The minimum atomic E-state index is -0.0141. The van der Waals surface area contributed by atoms with E-state index >= 15 is 0 Å². The van der Waals surface area contributed by atoms with Crippen molar-refractivity contribution in [3.8, 4) is 17.3 Å². The molecule has 0 N–H and O–H groups in total. The molecule has 0 saturated carbocycles. The van der Waals surface area contributed by atoms with Gasteiger partial charge < -0.3 is 19.3 Å². The van der Waals surface area contributed by atoms with E-state index in [0.717, 1.165) is 45.1 Å². The SMILES string of the molecule is CC(C)(C)c1ccnc(-n2c3ccccc3c3ccc(Oc4cccc(N5CN(C6=C(c7ccccc7)C=CN7C=CC(c8ccccc8)=CB67)c6ccccc65)c4)cc32)c1. The van der Waals surface area contributed by atoms with Crippen LogP contribution in [0.15, 0.2) is 206 Å². The van der Waals surface area contributed by atoms with Crippen LogP contribution in [0.25, 0.3) is 38.8 Å². The zero-order chi connectivity index (χ0) is 41.1. The molecule has 6 nitrogen and oxygen atoms in total. The summed E-state index contributed by atoms with van der Waals surface area (Å²) >= 11 is 0. The van der Waals surface area contributed by atoms with Gasteiger partial charge in [-0.2, -0.15) is 0 Å². The van der Waals surface area contributed by atoms with Crippen molar-refractivity contribution >= 4 is 56.9 Å². The van der Waals surface area contributed by atoms with Crippen molar-refractivity contribution in [2.24, 2.45) is 0 Å². The largest absolute Gasteiger partial charge is 0.457 e. The summed E-state index contributed by atoms with van der Waals surface area (Å²) in [5.74, 6) is 4.84. The monoisotopic (exact) mass is 789 g/mol. The molecule has 0 radical (unpaired) electrons. The zero-order valence-corrected chi connectivity index (χ0v) is 34.5. The quantitative estimate of drug-likeness (QED) is 0.150. The van der Waals surface area contributed by atoms with Crippen LogP contribution in [0, 0.1) is 0 Å². The van der Waals surface area contributed by atoms with Gasteiger partial charge in [-0.25, -0.2) is 4.98 Å². The fourth-order valence-electron chi connectivity index (χ4n) is 9.09. The summed E-state index contributed by atoms with van der Waals surface area (Å²) in [6.45, 7) is 7.34. The highest BCUT2D eigenvalue weighted by Gasteiger charge is 2.39. The lowest BCUT2D eigenvalue weighted by molar-refractivity contribution is 0.483. The smallest absolute Gasteiger partial charge is 0.338 e. The number of benzene rings is 6. The molecular weight excluding hydrogens is 745 g/mol. The summed E-state index contributed by atoms with van der Waals surface area (Å²) in [5.41, 5.74) is 12.8. The third-order valence-corrected chi connectivity index (χ3v) is 12.1. The molecule has 0 fully saturated rings. The van der Waals surface area contributed by atoms with Crippen LogP contribution in [0.5, 0.6) is 11.5 Å². The molecule has 294 valence electrons. The fraction of sp³-hybridized carbons (Fsp3) is 0.0926. The lowest BCUT2D eigenvalue weighted by Gasteiger charge is -2.37. The Bertz CT molecular complexity index is 3100. The number of fused-ring (bicyclic) bond motifs is 5. The molecule has 61 heavy (non-hydrogen) atoms. The summed E-state index contributed by atoms with van der Waals surface area (Å²) in [4.78, 5) is 12.1. The molecule has 2 aromatic heterocycles. The number of para-hydroxylation sites is 3. The predicted octanol–water partition coefficient (Wildman–Crippen LogP) is 13.1. The number of aromatic nitrogens is 2. The van der Waals surface area contributed by atoms with Gasteiger partial charge in [0.2, 0.25) is 0 Å². The van der Waals surface area contributed by atoms with Crippen LogP contribution in [0.2, 0.25) is 0 Å². The van der Waals surface area contributed by atoms with Gasteiger partial charge in [-0.05, 0) is 112 Å². The maximum absolute atomic E-state index is 6.77. The fourth-order valence-corrected chi connectivity index (χ4v) is 9.09. The molecule has 5 heterocycles. The Kier molecular flexibility index (Phi) is 8.78. The second kappa shape index (κ2) is 14.6. The van der Waals surface area contributed by atoms with Crippen LogP contribution in [0.3, 0.4) is 0 Å². The lowest BCUT2D eigenvalue weighted by atomic mass is 9.51. The number of hydrogen-bond acceptors (Lipinski definition) is 5. The standard InChI is InChI=1S/C54H44BN5O/c1-54(2,3)41-27-30-56-52(33-41)60-48-22-11-10-21-46(48)47-26-25-44(35-51(47)60)61-43-20-14-19-42(34-43)58-37-59(50-24-13-12-23-49(50)58)53-45(39-17-8-5-9-18-39)29-32-57-31-28-40(36-55(53)57)38-15-6-4-7-16-38/h4-36H,37H2,1-3H3. The number of ether oxygens (including phenoxy) is 1. The number of rotatable bonds is 7. The van der Waals surface area contributed by atoms with Gasteiger partial charge in [-0.15, -0.1) is 0 Å². The first-order valence-corrected chi connectivity index (χ1v) is 21.0. The van der Waals surface area contributed by atoms with Gasteiger partial charge in [0.1, 0.15) is 17.3 Å². The molecule has 3 aliphatic rings.